The second-order valence-electron chi connectivity index (χ2n) is 4.00. The van der Waals surface area contributed by atoms with E-state index < -0.39 is 0 Å². The number of hydrogen-bond acceptors (Lipinski definition) is 2. The minimum Gasteiger partial charge on any atom is -0.361 e. The fourth-order valence-corrected chi connectivity index (χ4v) is 2.08. The fourth-order valence-electron chi connectivity index (χ4n) is 2.08. The molecule has 3 aromatic rings. The number of aromatic amines is 1. The Labute approximate surface area is 103 Å². The Kier molecular flexibility index (Phi) is 2.57. The summed E-state index contributed by atoms with van der Waals surface area (Å²) in [6.45, 7) is 0.612. The van der Waals surface area contributed by atoms with Gasteiger partial charge in [-0.3, -0.25) is 4.79 Å². The highest BCUT2D eigenvalue weighted by atomic mass is 16.1. The van der Waals surface area contributed by atoms with Crippen molar-refractivity contribution in [3.63, 3.8) is 0 Å². The number of H-pyrrole nitrogens is 1. The highest BCUT2D eigenvalue weighted by molar-refractivity contribution is 5.82. The Hall–Kier alpha value is -2.56. The molecule has 3 rings (SSSR count). The lowest BCUT2D eigenvalue weighted by Gasteiger charge is -2.07. The van der Waals surface area contributed by atoms with Crippen LogP contribution < -0.4 is 5.32 Å². The van der Waals surface area contributed by atoms with Crippen LogP contribution in [-0.4, -0.2) is 21.2 Å². The number of amides is 1. The van der Waals surface area contributed by atoms with E-state index in [9.17, 15) is 4.79 Å². The monoisotopic (exact) mass is 240 g/mol. The Bertz CT molecular complexity index is 683. The molecule has 0 aliphatic rings. The summed E-state index contributed by atoms with van der Waals surface area (Å²) in [6.07, 6.45) is 4.24. The van der Waals surface area contributed by atoms with Crippen LogP contribution in [0.25, 0.3) is 10.9 Å². The van der Waals surface area contributed by atoms with E-state index in [1.807, 2.05) is 24.4 Å². The average Bonchev–Trinajstić information content (AvgIpc) is 3.00. The van der Waals surface area contributed by atoms with Crippen LogP contribution in [-0.2, 0) is 11.3 Å². The molecule has 5 heteroatoms. The lowest BCUT2D eigenvalue weighted by molar-refractivity contribution is -0.105. The van der Waals surface area contributed by atoms with Crippen molar-refractivity contribution in [2.75, 3.05) is 5.32 Å². The minimum absolute atomic E-state index is 0.612. The molecule has 1 aromatic carbocycles. The second-order valence-corrected chi connectivity index (χ2v) is 4.00. The third-order valence-corrected chi connectivity index (χ3v) is 2.92. The molecule has 0 aliphatic carbocycles. The van der Waals surface area contributed by atoms with E-state index in [4.69, 9.17) is 0 Å². The average molecular weight is 240 g/mol. The van der Waals surface area contributed by atoms with E-state index in [0.717, 1.165) is 11.1 Å². The largest absolute Gasteiger partial charge is 0.361 e. The number of anilines is 1. The molecule has 90 valence electrons. The van der Waals surface area contributed by atoms with Gasteiger partial charge in [0.2, 0.25) is 6.41 Å². The molecule has 0 radical (unpaired) electrons. The molecule has 0 aliphatic heterocycles. The van der Waals surface area contributed by atoms with Gasteiger partial charge in [0.05, 0.1) is 18.3 Å². The summed E-state index contributed by atoms with van der Waals surface area (Å²) in [4.78, 5) is 13.7. The molecule has 0 unspecified atom stereocenters. The number of hydrogen-bond donors (Lipinski definition) is 2. The number of carbonyl (C=O) groups excluding carboxylic acids is 1. The van der Waals surface area contributed by atoms with E-state index in [-0.39, 0.29) is 0 Å². The van der Waals surface area contributed by atoms with Crippen molar-refractivity contribution in [3.8, 4) is 0 Å². The molecule has 0 saturated heterocycles. The smallest absolute Gasteiger partial charge is 0.212 e. The number of aromatic nitrogens is 3. The van der Waals surface area contributed by atoms with Crippen LogP contribution in [0.5, 0.6) is 0 Å². The van der Waals surface area contributed by atoms with Crippen molar-refractivity contribution in [3.05, 3.63) is 48.3 Å². The highest BCUT2D eigenvalue weighted by Gasteiger charge is 2.06. The zero-order chi connectivity index (χ0) is 12.4. The zero-order valence-corrected chi connectivity index (χ0v) is 9.63. The molecule has 0 spiro atoms. The third kappa shape index (κ3) is 1.75. The SMILES string of the molecule is O=CNc1ccnn1Cc1cccc2cc[nH]c12. The Morgan fingerprint density at radius 3 is 3.17 bits per heavy atom. The van der Waals surface area contributed by atoms with Crippen molar-refractivity contribution in [1.82, 2.24) is 14.8 Å². The Morgan fingerprint density at radius 2 is 2.28 bits per heavy atom. The van der Waals surface area contributed by atoms with Gasteiger partial charge in [-0.15, -0.1) is 0 Å². The maximum Gasteiger partial charge on any atom is 0.212 e. The molecular weight excluding hydrogens is 228 g/mol. The quantitative estimate of drug-likeness (QED) is 0.685. The van der Waals surface area contributed by atoms with Gasteiger partial charge in [-0.2, -0.15) is 5.10 Å². The number of nitrogens with one attached hydrogen (secondary N) is 2. The van der Waals surface area contributed by atoms with E-state index >= 15 is 0 Å². The number of fused-ring (bicyclic) bond motifs is 1. The molecule has 2 heterocycles. The lowest BCUT2D eigenvalue weighted by Crippen LogP contribution is -2.07. The molecule has 5 nitrogen and oxygen atoms in total. The molecule has 0 atom stereocenters. The van der Waals surface area contributed by atoms with Gasteiger partial charge in [0.25, 0.3) is 0 Å². The maximum atomic E-state index is 10.5. The van der Waals surface area contributed by atoms with Gasteiger partial charge in [0.1, 0.15) is 5.82 Å². The van der Waals surface area contributed by atoms with Crippen molar-refractivity contribution in [2.24, 2.45) is 0 Å². The van der Waals surface area contributed by atoms with Crippen molar-refractivity contribution in [1.29, 1.82) is 0 Å². The van der Waals surface area contributed by atoms with Crippen LogP contribution in [0.1, 0.15) is 5.56 Å². The van der Waals surface area contributed by atoms with Gasteiger partial charge in [-0.25, -0.2) is 4.68 Å². The first-order chi connectivity index (χ1) is 8.88. The Balaban J connectivity index is 1.98. The predicted octanol–water partition coefficient (Wildman–Crippen LogP) is 1.98. The van der Waals surface area contributed by atoms with Crippen LogP contribution in [0.15, 0.2) is 42.7 Å². The molecule has 1 amide bonds. The first-order valence-corrected chi connectivity index (χ1v) is 5.65. The molecule has 2 N–H and O–H groups in total. The van der Waals surface area contributed by atoms with Crippen LogP contribution in [0.3, 0.4) is 0 Å². The predicted molar refractivity (Wildman–Crippen MR) is 69.3 cm³/mol. The van der Waals surface area contributed by atoms with Crippen LogP contribution >= 0.6 is 0 Å². The number of carbonyl (C=O) groups is 1. The second kappa shape index (κ2) is 4.37. The van der Waals surface area contributed by atoms with Gasteiger partial charge >= 0.3 is 0 Å². The van der Waals surface area contributed by atoms with Crippen LogP contribution in [0, 0.1) is 0 Å². The normalized spacial score (nSPS) is 10.7. The fraction of sp³-hybridized carbons (Fsp3) is 0.0769. The highest BCUT2D eigenvalue weighted by Crippen LogP contribution is 2.19. The van der Waals surface area contributed by atoms with Gasteiger partial charge < -0.3 is 10.3 Å². The number of rotatable bonds is 4. The van der Waals surface area contributed by atoms with Gasteiger partial charge in [0.15, 0.2) is 0 Å². The van der Waals surface area contributed by atoms with Crippen LogP contribution in [0.2, 0.25) is 0 Å². The van der Waals surface area contributed by atoms with Gasteiger partial charge in [0, 0.05) is 12.3 Å². The summed E-state index contributed by atoms with van der Waals surface area (Å²) < 4.78 is 1.75. The molecule has 2 aromatic heterocycles. The molecule has 0 saturated carbocycles. The standard InChI is InChI=1S/C13H12N4O/c18-9-15-12-5-7-16-17(12)8-11-3-1-2-10-4-6-14-13(10)11/h1-7,9,14H,8H2,(H,15,18). The minimum atomic E-state index is 0.612. The van der Waals surface area contributed by atoms with E-state index in [0.29, 0.717) is 18.8 Å². The number of para-hydroxylation sites is 1. The molecular formula is C13H12N4O. The van der Waals surface area contributed by atoms with Gasteiger partial charge in [-0.05, 0) is 17.0 Å². The first kappa shape index (κ1) is 10.6. The van der Waals surface area contributed by atoms with E-state index in [1.165, 1.54) is 5.39 Å². The summed E-state index contributed by atoms with van der Waals surface area (Å²) in [5.74, 6) is 0.688. The zero-order valence-electron chi connectivity index (χ0n) is 9.63. The summed E-state index contributed by atoms with van der Waals surface area (Å²) in [7, 11) is 0. The number of nitrogens with zero attached hydrogens (tertiary/aromatic N) is 2. The summed E-state index contributed by atoms with van der Waals surface area (Å²) in [5.41, 5.74) is 2.24. The van der Waals surface area contributed by atoms with Crippen molar-refractivity contribution in [2.45, 2.75) is 6.54 Å². The topological polar surface area (TPSA) is 62.7 Å². The van der Waals surface area contributed by atoms with Crippen molar-refractivity contribution < 1.29 is 4.79 Å². The molecule has 0 bridgehead atoms. The lowest BCUT2D eigenvalue weighted by atomic mass is 10.1. The maximum absolute atomic E-state index is 10.5. The molecule has 18 heavy (non-hydrogen) atoms. The van der Waals surface area contributed by atoms with E-state index in [2.05, 4.69) is 21.5 Å². The van der Waals surface area contributed by atoms with Crippen LogP contribution in [0.4, 0.5) is 5.82 Å². The summed E-state index contributed by atoms with van der Waals surface area (Å²) >= 11 is 0. The number of benzene rings is 1. The Morgan fingerprint density at radius 1 is 1.33 bits per heavy atom. The van der Waals surface area contributed by atoms with Crippen molar-refractivity contribution >= 4 is 23.1 Å². The third-order valence-electron chi connectivity index (χ3n) is 2.92. The first-order valence-electron chi connectivity index (χ1n) is 5.65. The molecule has 0 fully saturated rings. The summed E-state index contributed by atoms with van der Waals surface area (Å²) in [6, 6.07) is 9.92. The van der Waals surface area contributed by atoms with Gasteiger partial charge in [-0.1, -0.05) is 18.2 Å². The summed E-state index contributed by atoms with van der Waals surface area (Å²) in [5, 5.41) is 8.00. The van der Waals surface area contributed by atoms with E-state index in [1.54, 1.807) is 16.9 Å².